The number of thioether (sulfide) groups is 1. The lowest BCUT2D eigenvalue weighted by Crippen LogP contribution is -2.34. The number of amides is 2. The van der Waals surface area contributed by atoms with E-state index in [0.29, 0.717) is 51.4 Å². The van der Waals surface area contributed by atoms with Gasteiger partial charge in [-0.25, -0.2) is 4.98 Å². The second-order valence-electron chi connectivity index (χ2n) is 10.8. The number of fused-ring (bicyclic) bond motifs is 1. The summed E-state index contributed by atoms with van der Waals surface area (Å²) in [4.78, 5) is 44.2. The molecule has 1 fully saturated rings. The van der Waals surface area contributed by atoms with Crippen molar-refractivity contribution in [3.8, 4) is 11.5 Å². The van der Waals surface area contributed by atoms with Gasteiger partial charge in [0.05, 0.1) is 36.6 Å². The molecule has 1 saturated carbocycles. The van der Waals surface area contributed by atoms with Crippen molar-refractivity contribution < 1.29 is 19.1 Å². The maximum atomic E-state index is 13.6. The first-order valence-electron chi connectivity index (χ1n) is 14.5. The van der Waals surface area contributed by atoms with Crippen molar-refractivity contribution in [1.82, 2.24) is 14.9 Å². The number of rotatable bonds is 11. The Morgan fingerprint density at radius 2 is 1.75 bits per heavy atom. The fourth-order valence-electron chi connectivity index (χ4n) is 5.47. The van der Waals surface area contributed by atoms with Gasteiger partial charge in [-0.2, -0.15) is 0 Å². The average Bonchev–Trinajstić information content (AvgIpc) is 3.05. The summed E-state index contributed by atoms with van der Waals surface area (Å²) < 4.78 is 12.3. The first kappa shape index (κ1) is 31.4. The highest BCUT2D eigenvalue weighted by molar-refractivity contribution is 7.99. The van der Waals surface area contributed by atoms with Gasteiger partial charge >= 0.3 is 0 Å². The summed E-state index contributed by atoms with van der Waals surface area (Å²) in [7, 11) is 3.09. The predicted molar refractivity (Wildman–Crippen MR) is 174 cm³/mol. The number of halogens is 1. The van der Waals surface area contributed by atoms with E-state index < -0.39 is 0 Å². The van der Waals surface area contributed by atoms with Crippen LogP contribution in [0.1, 0.15) is 31.2 Å². The van der Waals surface area contributed by atoms with Gasteiger partial charge in [0.1, 0.15) is 11.5 Å². The number of anilines is 1. The van der Waals surface area contributed by atoms with E-state index in [0.717, 1.165) is 31.2 Å². The van der Waals surface area contributed by atoms with Crippen LogP contribution in [-0.4, -0.2) is 41.3 Å². The van der Waals surface area contributed by atoms with Crippen LogP contribution in [0.5, 0.6) is 11.5 Å². The average molecular weight is 635 g/mol. The van der Waals surface area contributed by atoms with Crippen LogP contribution in [0.2, 0.25) is 5.02 Å². The monoisotopic (exact) mass is 634 g/mol. The molecule has 2 amide bonds. The Hall–Kier alpha value is -4.02. The van der Waals surface area contributed by atoms with Gasteiger partial charge < -0.3 is 20.1 Å². The maximum absolute atomic E-state index is 13.6. The molecule has 5 rings (SSSR count). The Morgan fingerprint density at radius 3 is 2.50 bits per heavy atom. The minimum atomic E-state index is -0.254. The summed E-state index contributed by atoms with van der Waals surface area (Å²) in [5.41, 5.74) is 1.87. The molecule has 11 heteroatoms. The van der Waals surface area contributed by atoms with Crippen molar-refractivity contribution >= 4 is 51.8 Å². The molecule has 44 heavy (non-hydrogen) atoms. The van der Waals surface area contributed by atoms with Crippen LogP contribution in [0, 0.1) is 11.8 Å². The SMILES string of the molecule is COc1ccc(NC(=O)CSc2nc3ccccc3c(=O)n2CC2CCC(C(=O)NCc3ccccc3Cl)CC2)c(OC)c1. The largest absolute Gasteiger partial charge is 0.497 e. The smallest absolute Gasteiger partial charge is 0.262 e. The van der Waals surface area contributed by atoms with Gasteiger partial charge in [0.25, 0.3) is 5.56 Å². The minimum Gasteiger partial charge on any atom is -0.497 e. The van der Waals surface area contributed by atoms with Crippen LogP contribution in [0.3, 0.4) is 0 Å². The molecule has 0 bridgehead atoms. The molecular formula is C33H35ClN4O5S. The molecule has 0 unspecified atom stereocenters. The number of carbonyl (C=O) groups excluding carboxylic acids is 2. The summed E-state index contributed by atoms with van der Waals surface area (Å²) in [6.45, 7) is 0.872. The number of aromatic nitrogens is 2. The number of hydrogen-bond donors (Lipinski definition) is 2. The molecule has 1 aromatic heterocycles. The zero-order valence-electron chi connectivity index (χ0n) is 24.7. The lowest BCUT2D eigenvalue weighted by Gasteiger charge is -2.28. The fraction of sp³-hybridized carbons (Fsp3) is 0.333. The zero-order chi connectivity index (χ0) is 31.1. The summed E-state index contributed by atoms with van der Waals surface area (Å²) in [6.07, 6.45) is 3.10. The molecule has 9 nitrogen and oxygen atoms in total. The number of ether oxygens (including phenoxy) is 2. The first-order valence-corrected chi connectivity index (χ1v) is 15.9. The van der Waals surface area contributed by atoms with E-state index in [1.165, 1.54) is 18.9 Å². The summed E-state index contributed by atoms with van der Waals surface area (Å²) >= 11 is 7.46. The van der Waals surface area contributed by atoms with E-state index in [2.05, 4.69) is 10.6 Å². The highest BCUT2D eigenvalue weighted by Gasteiger charge is 2.27. The second-order valence-corrected chi connectivity index (χ2v) is 12.1. The third-order valence-electron chi connectivity index (χ3n) is 7.91. The molecule has 1 heterocycles. The van der Waals surface area contributed by atoms with E-state index in [1.54, 1.807) is 42.0 Å². The van der Waals surface area contributed by atoms with Gasteiger partial charge in [-0.15, -0.1) is 0 Å². The van der Waals surface area contributed by atoms with Gasteiger partial charge in [-0.1, -0.05) is 53.7 Å². The lowest BCUT2D eigenvalue weighted by atomic mass is 9.81. The van der Waals surface area contributed by atoms with Crippen LogP contribution >= 0.6 is 23.4 Å². The van der Waals surface area contributed by atoms with E-state index >= 15 is 0 Å². The summed E-state index contributed by atoms with van der Waals surface area (Å²) in [5.74, 6) is 1.06. The van der Waals surface area contributed by atoms with Crippen LogP contribution in [-0.2, 0) is 22.7 Å². The Kier molecular flexibility index (Phi) is 10.4. The third kappa shape index (κ3) is 7.54. The summed E-state index contributed by atoms with van der Waals surface area (Å²) in [6, 6.07) is 19.9. The van der Waals surface area contributed by atoms with Crippen molar-refractivity contribution in [1.29, 1.82) is 0 Å². The van der Waals surface area contributed by atoms with E-state index in [1.807, 2.05) is 36.4 Å². The van der Waals surface area contributed by atoms with E-state index in [4.69, 9.17) is 26.1 Å². The van der Waals surface area contributed by atoms with Crippen molar-refractivity contribution in [2.24, 2.45) is 11.8 Å². The normalized spacial score (nSPS) is 16.3. The number of nitrogens with zero attached hydrogens (tertiary/aromatic N) is 2. The minimum absolute atomic E-state index is 0.0312. The highest BCUT2D eigenvalue weighted by Crippen LogP contribution is 2.32. The van der Waals surface area contributed by atoms with Gasteiger partial charge in [-0.05, 0) is 67.5 Å². The van der Waals surface area contributed by atoms with Crippen LogP contribution in [0.15, 0.2) is 76.7 Å². The fourth-order valence-corrected chi connectivity index (χ4v) is 6.48. The number of hydrogen-bond acceptors (Lipinski definition) is 7. The number of nitrogens with one attached hydrogen (secondary N) is 2. The van der Waals surface area contributed by atoms with Crippen molar-refractivity contribution in [2.45, 2.75) is 43.9 Å². The molecule has 0 radical (unpaired) electrons. The van der Waals surface area contributed by atoms with Crippen LogP contribution < -0.4 is 25.7 Å². The summed E-state index contributed by atoms with van der Waals surface area (Å²) in [5, 5.41) is 7.57. The second kappa shape index (κ2) is 14.6. The zero-order valence-corrected chi connectivity index (χ0v) is 26.2. The molecule has 4 aromatic rings. The standard InChI is InChI=1S/C33H35ClN4O5S/c1-42-24-15-16-28(29(17-24)43-2)36-30(39)20-44-33-37-27-10-6-4-8-25(27)32(41)38(33)19-21-11-13-22(14-12-21)31(40)35-18-23-7-3-5-9-26(23)34/h3-10,15-17,21-22H,11-14,18-20H2,1-2H3,(H,35,40)(H,36,39). The topological polar surface area (TPSA) is 112 Å². The maximum Gasteiger partial charge on any atom is 0.262 e. The van der Waals surface area contributed by atoms with Crippen molar-refractivity contribution in [3.05, 3.63) is 87.7 Å². The Labute approximate surface area is 265 Å². The lowest BCUT2D eigenvalue weighted by molar-refractivity contribution is -0.126. The third-order valence-corrected chi connectivity index (χ3v) is 9.26. The number of para-hydroxylation sites is 1. The molecular weight excluding hydrogens is 600 g/mol. The molecule has 3 aromatic carbocycles. The first-order chi connectivity index (χ1) is 21.4. The number of carbonyl (C=O) groups is 2. The molecule has 1 aliphatic carbocycles. The molecule has 2 N–H and O–H groups in total. The van der Waals surface area contributed by atoms with Crippen LogP contribution in [0.25, 0.3) is 10.9 Å². The molecule has 0 aliphatic heterocycles. The van der Waals surface area contributed by atoms with E-state index in [9.17, 15) is 14.4 Å². The molecule has 0 atom stereocenters. The van der Waals surface area contributed by atoms with E-state index in [-0.39, 0.29) is 35.0 Å². The van der Waals surface area contributed by atoms with Crippen molar-refractivity contribution in [2.75, 3.05) is 25.3 Å². The van der Waals surface area contributed by atoms with Gasteiger partial charge in [0.15, 0.2) is 5.16 Å². The Morgan fingerprint density at radius 1 is 1.00 bits per heavy atom. The van der Waals surface area contributed by atoms with Gasteiger partial charge in [0, 0.05) is 30.1 Å². The molecule has 230 valence electrons. The molecule has 1 aliphatic rings. The highest BCUT2D eigenvalue weighted by atomic mass is 35.5. The number of methoxy groups -OCH3 is 2. The van der Waals surface area contributed by atoms with Crippen LogP contribution in [0.4, 0.5) is 5.69 Å². The van der Waals surface area contributed by atoms with Gasteiger partial charge in [0.2, 0.25) is 11.8 Å². The van der Waals surface area contributed by atoms with Crippen molar-refractivity contribution in [3.63, 3.8) is 0 Å². The molecule has 0 spiro atoms. The molecule has 0 saturated heterocycles. The number of benzene rings is 3. The Balaban J connectivity index is 1.24. The Bertz CT molecular complexity index is 1700. The van der Waals surface area contributed by atoms with Gasteiger partial charge in [-0.3, -0.25) is 19.0 Å². The predicted octanol–water partition coefficient (Wildman–Crippen LogP) is 5.92. The quantitative estimate of drug-likeness (QED) is 0.156.